The molecule has 3 nitrogen and oxygen atoms in total. The molecule has 0 amide bonds. The fourth-order valence-electron chi connectivity index (χ4n) is 3.91. The third kappa shape index (κ3) is 3.01. The van der Waals surface area contributed by atoms with E-state index in [1.807, 2.05) is 0 Å². The van der Waals surface area contributed by atoms with Crippen molar-refractivity contribution in [3.63, 3.8) is 0 Å². The van der Waals surface area contributed by atoms with Crippen LogP contribution in [0.15, 0.2) is 0 Å². The Morgan fingerprint density at radius 3 is 2.71 bits per heavy atom. The summed E-state index contributed by atoms with van der Waals surface area (Å²) in [5.74, 6) is 2.08. The van der Waals surface area contributed by atoms with Crippen LogP contribution in [0.5, 0.6) is 0 Å². The highest BCUT2D eigenvalue weighted by Gasteiger charge is 2.38. The van der Waals surface area contributed by atoms with Gasteiger partial charge in [-0.3, -0.25) is 4.90 Å². The molecule has 1 heterocycles. The molecular formula is C14H26N2O. The van der Waals surface area contributed by atoms with E-state index >= 15 is 0 Å². The summed E-state index contributed by atoms with van der Waals surface area (Å²) in [4.78, 5) is 2.53. The van der Waals surface area contributed by atoms with E-state index in [1.54, 1.807) is 0 Å². The molecule has 3 rings (SSSR count). The van der Waals surface area contributed by atoms with Crippen LogP contribution in [0.3, 0.4) is 0 Å². The predicted octanol–water partition coefficient (Wildman–Crippen LogP) is 1.49. The maximum absolute atomic E-state index is 5.36. The van der Waals surface area contributed by atoms with Gasteiger partial charge < -0.3 is 10.1 Å². The average molecular weight is 238 g/mol. The summed E-state index contributed by atoms with van der Waals surface area (Å²) in [6, 6.07) is 0.860. The van der Waals surface area contributed by atoms with Gasteiger partial charge in [-0.25, -0.2) is 0 Å². The van der Waals surface area contributed by atoms with Crippen molar-refractivity contribution in [3.05, 3.63) is 0 Å². The molecule has 3 fully saturated rings. The quantitative estimate of drug-likeness (QED) is 0.734. The van der Waals surface area contributed by atoms with Crippen LogP contribution in [-0.4, -0.2) is 50.3 Å². The minimum atomic E-state index is 0.860. The van der Waals surface area contributed by atoms with Gasteiger partial charge in [0.05, 0.1) is 13.2 Å². The van der Waals surface area contributed by atoms with Crippen LogP contribution in [0.1, 0.15) is 32.1 Å². The highest BCUT2D eigenvalue weighted by Crippen LogP contribution is 2.44. The lowest BCUT2D eigenvalue weighted by Gasteiger charge is -2.27. The molecule has 17 heavy (non-hydrogen) atoms. The zero-order valence-electron chi connectivity index (χ0n) is 10.9. The molecule has 2 aliphatic carbocycles. The Labute approximate surface area is 105 Å². The number of hydrogen-bond donors (Lipinski definition) is 1. The van der Waals surface area contributed by atoms with E-state index in [9.17, 15) is 0 Å². The highest BCUT2D eigenvalue weighted by molar-refractivity contribution is 4.93. The van der Waals surface area contributed by atoms with Gasteiger partial charge in [-0.15, -0.1) is 0 Å². The van der Waals surface area contributed by atoms with E-state index in [2.05, 4.69) is 10.2 Å². The molecule has 3 atom stereocenters. The second-order valence-electron chi connectivity index (χ2n) is 6.04. The molecule has 1 saturated heterocycles. The maximum Gasteiger partial charge on any atom is 0.0594 e. The molecular weight excluding hydrogens is 212 g/mol. The SMILES string of the molecule is C(CN[C@H]1C[C@H]2CC[C@@H]1C2)CN1CCOCC1. The molecule has 0 spiro atoms. The zero-order valence-corrected chi connectivity index (χ0v) is 10.9. The van der Waals surface area contributed by atoms with E-state index in [0.29, 0.717) is 0 Å². The molecule has 1 N–H and O–H groups in total. The number of hydrogen-bond acceptors (Lipinski definition) is 3. The van der Waals surface area contributed by atoms with Crippen LogP contribution in [0.2, 0.25) is 0 Å². The van der Waals surface area contributed by atoms with Crippen LogP contribution in [0.25, 0.3) is 0 Å². The molecule has 2 bridgehead atoms. The first kappa shape index (κ1) is 11.9. The molecule has 0 unspecified atom stereocenters. The topological polar surface area (TPSA) is 24.5 Å². The maximum atomic E-state index is 5.36. The van der Waals surface area contributed by atoms with Gasteiger partial charge in [-0.1, -0.05) is 6.42 Å². The summed E-state index contributed by atoms with van der Waals surface area (Å²) >= 11 is 0. The predicted molar refractivity (Wildman–Crippen MR) is 69.1 cm³/mol. The number of ether oxygens (including phenoxy) is 1. The normalized spacial score (nSPS) is 37.8. The van der Waals surface area contributed by atoms with Gasteiger partial charge >= 0.3 is 0 Å². The van der Waals surface area contributed by atoms with Gasteiger partial charge in [0.15, 0.2) is 0 Å². The summed E-state index contributed by atoms with van der Waals surface area (Å²) in [7, 11) is 0. The smallest absolute Gasteiger partial charge is 0.0594 e. The zero-order chi connectivity index (χ0) is 11.5. The molecule has 98 valence electrons. The van der Waals surface area contributed by atoms with Crippen molar-refractivity contribution in [1.29, 1.82) is 0 Å². The number of nitrogens with one attached hydrogen (secondary N) is 1. The molecule has 2 saturated carbocycles. The lowest BCUT2D eigenvalue weighted by atomic mass is 9.95. The van der Waals surface area contributed by atoms with Crippen molar-refractivity contribution in [3.8, 4) is 0 Å². The van der Waals surface area contributed by atoms with E-state index < -0.39 is 0 Å². The summed E-state index contributed by atoms with van der Waals surface area (Å²) < 4.78 is 5.36. The third-order valence-electron chi connectivity index (χ3n) is 4.90. The van der Waals surface area contributed by atoms with Gasteiger partial charge in [0, 0.05) is 19.1 Å². The fraction of sp³-hybridized carbons (Fsp3) is 1.00. The molecule has 1 aliphatic heterocycles. The molecule has 0 aromatic rings. The largest absolute Gasteiger partial charge is 0.379 e. The van der Waals surface area contributed by atoms with Gasteiger partial charge in [0.2, 0.25) is 0 Å². The Bertz CT molecular complexity index is 240. The van der Waals surface area contributed by atoms with Crippen molar-refractivity contribution < 1.29 is 4.74 Å². The van der Waals surface area contributed by atoms with Gasteiger partial charge in [0.25, 0.3) is 0 Å². The van der Waals surface area contributed by atoms with Crippen LogP contribution in [0, 0.1) is 11.8 Å². The summed E-state index contributed by atoms with van der Waals surface area (Å²) in [6.45, 7) is 6.59. The van der Waals surface area contributed by atoms with Crippen LogP contribution >= 0.6 is 0 Å². The van der Waals surface area contributed by atoms with Crippen molar-refractivity contribution >= 4 is 0 Å². The molecule has 3 aliphatic rings. The summed E-state index contributed by atoms with van der Waals surface area (Å²) in [6.07, 6.45) is 7.28. The molecule has 0 radical (unpaired) electrons. The van der Waals surface area contributed by atoms with Crippen molar-refractivity contribution in [2.75, 3.05) is 39.4 Å². The van der Waals surface area contributed by atoms with Crippen molar-refractivity contribution in [2.45, 2.75) is 38.1 Å². The van der Waals surface area contributed by atoms with Crippen LogP contribution in [0.4, 0.5) is 0 Å². The minimum Gasteiger partial charge on any atom is -0.379 e. The van der Waals surface area contributed by atoms with E-state index in [0.717, 1.165) is 44.2 Å². The Hall–Kier alpha value is -0.120. The monoisotopic (exact) mass is 238 g/mol. The Morgan fingerprint density at radius 1 is 1.12 bits per heavy atom. The first-order valence-electron chi connectivity index (χ1n) is 7.45. The summed E-state index contributed by atoms with van der Waals surface area (Å²) in [5, 5.41) is 3.79. The van der Waals surface area contributed by atoms with Crippen molar-refractivity contribution in [1.82, 2.24) is 10.2 Å². The lowest BCUT2D eigenvalue weighted by Crippen LogP contribution is -2.39. The fourth-order valence-corrected chi connectivity index (χ4v) is 3.91. The second-order valence-corrected chi connectivity index (χ2v) is 6.04. The van der Waals surface area contributed by atoms with E-state index in [1.165, 1.54) is 45.2 Å². The lowest BCUT2D eigenvalue weighted by molar-refractivity contribution is 0.0373. The number of morpholine rings is 1. The number of rotatable bonds is 5. The minimum absolute atomic E-state index is 0.860. The van der Waals surface area contributed by atoms with Crippen LogP contribution in [-0.2, 0) is 4.74 Å². The van der Waals surface area contributed by atoms with Crippen LogP contribution < -0.4 is 5.32 Å². The standard InChI is InChI=1S/C14H26N2O/c1(5-16-6-8-17-9-7-16)4-15-14-11-12-2-3-13(14)10-12/h12-15H,1-11H2/t12-,13+,14-/m0/s1. The van der Waals surface area contributed by atoms with E-state index in [4.69, 9.17) is 4.74 Å². The Morgan fingerprint density at radius 2 is 2.00 bits per heavy atom. The molecule has 0 aromatic heterocycles. The van der Waals surface area contributed by atoms with Crippen molar-refractivity contribution in [2.24, 2.45) is 11.8 Å². The second kappa shape index (κ2) is 5.68. The Kier molecular flexibility index (Phi) is 3.99. The third-order valence-corrected chi connectivity index (χ3v) is 4.90. The van der Waals surface area contributed by atoms with Gasteiger partial charge in [0.1, 0.15) is 0 Å². The number of nitrogens with zero attached hydrogens (tertiary/aromatic N) is 1. The van der Waals surface area contributed by atoms with E-state index in [-0.39, 0.29) is 0 Å². The molecule has 3 heteroatoms. The Balaban J connectivity index is 1.28. The average Bonchev–Trinajstić information content (AvgIpc) is 2.98. The first-order chi connectivity index (χ1) is 8.42. The summed E-state index contributed by atoms with van der Waals surface area (Å²) in [5.41, 5.74) is 0. The first-order valence-corrected chi connectivity index (χ1v) is 7.45. The van der Waals surface area contributed by atoms with Gasteiger partial charge in [-0.2, -0.15) is 0 Å². The molecule has 0 aromatic carbocycles. The highest BCUT2D eigenvalue weighted by atomic mass is 16.5. The number of fused-ring (bicyclic) bond motifs is 2. The van der Waals surface area contributed by atoms with Gasteiger partial charge in [-0.05, 0) is 50.6 Å².